The van der Waals surface area contributed by atoms with Crippen LogP contribution in [0.1, 0.15) is 30.4 Å². The fourth-order valence-electron chi connectivity index (χ4n) is 4.09. The fraction of sp³-hybridized carbons (Fsp3) is 0.556. The molecule has 2 amide bonds. The molecule has 2 heterocycles. The Morgan fingerprint density at radius 1 is 1.20 bits per heavy atom. The molecule has 25 heavy (non-hydrogen) atoms. The Kier molecular flexibility index (Phi) is 4.06. The van der Waals surface area contributed by atoms with Crippen molar-refractivity contribution in [2.75, 3.05) is 23.0 Å². The molecule has 0 spiro atoms. The van der Waals surface area contributed by atoms with E-state index in [1.807, 2.05) is 6.07 Å². The van der Waals surface area contributed by atoms with E-state index < -0.39 is 15.8 Å². The lowest BCUT2D eigenvalue weighted by Gasteiger charge is -2.18. The van der Waals surface area contributed by atoms with Gasteiger partial charge in [0.25, 0.3) is 0 Å². The van der Waals surface area contributed by atoms with Crippen molar-refractivity contribution in [3.05, 3.63) is 29.3 Å². The van der Waals surface area contributed by atoms with Crippen molar-refractivity contribution in [1.82, 2.24) is 5.32 Å². The van der Waals surface area contributed by atoms with Crippen molar-refractivity contribution < 1.29 is 18.0 Å². The molecule has 0 aromatic heterocycles. The monoisotopic (exact) mass is 362 g/mol. The molecule has 2 atom stereocenters. The first-order valence-corrected chi connectivity index (χ1v) is 10.7. The Morgan fingerprint density at radius 2 is 2.00 bits per heavy atom. The van der Waals surface area contributed by atoms with Crippen molar-refractivity contribution in [2.24, 2.45) is 5.92 Å². The number of anilines is 1. The second-order valence-electron chi connectivity index (χ2n) is 7.32. The standard InChI is InChI=1S/C18H22N2O4S/c21-17-9-14(18(22)19-15-6-7-25(23,24)11-15)10-20(17)16-5-4-12-2-1-3-13(12)8-16/h4-5,8,14-15H,1-3,6-7,9-11H2,(H,19,22)/t14-,15-/m1/s1. The minimum absolute atomic E-state index is 0.00788. The summed E-state index contributed by atoms with van der Waals surface area (Å²) in [7, 11) is -3.03. The Labute approximate surface area is 147 Å². The normalized spacial score (nSPS) is 27.5. The first-order chi connectivity index (χ1) is 11.9. The zero-order valence-electron chi connectivity index (χ0n) is 14.0. The lowest BCUT2D eigenvalue weighted by Crippen LogP contribution is -2.40. The molecule has 3 aliphatic rings. The van der Waals surface area contributed by atoms with Crippen LogP contribution >= 0.6 is 0 Å². The van der Waals surface area contributed by atoms with E-state index in [1.54, 1.807) is 4.90 Å². The van der Waals surface area contributed by atoms with E-state index >= 15 is 0 Å². The highest BCUT2D eigenvalue weighted by molar-refractivity contribution is 7.91. The Hall–Kier alpha value is -1.89. The van der Waals surface area contributed by atoms with Crippen LogP contribution in [0.2, 0.25) is 0 Å². The molecule has 7 heteroatoms. The number of carbonyl (C=O) groups is 2. The zero-order valence-corrected chi connectivity index (χ0v) is 14.8. The Bertz CT molecular complexity index is 833. The van der Waals surface area contributed by atoms with Gasteiger partial charge in [-0.05, 0) is 48.9 Å². The van der Waals surface area contributed by atoms with Crippen LogP contribution in [0.4, 0.5) is 5.69 Å². The maximum absolute atomic E-state index is 12.4. The predicted molar refractivity (Wildman–Crippen MR) is 94.1 cm³/mol. The number of nitrogens with one attached hydrogen (secondary N) is 1. The summed E-state index contributed by atoms with van der Waals surface area (Å²) in [6.07, 6.45) is 3.94. The molecule has 4 rings (SSSR count). The highest BCUT2D eigenvalue weighted by Gasteiger charge is 2.37. The van der Waals surface area contributed by atoms with Crippen LogP contribution in [-0.2, 0) is 32.3 Å². The van der Waals surface area contributed by atoms with E-state index in [0.717, 1.165) is 24.9 Å². The fourth-order valence-corrected chi connectivity index (χ4v) is 5.76. The van der Waals surface area contributed by atoms with Crippen LogP contribution in [0, 0.1) is 5.92 Å². The summed E-state index contributed by atoms with van der Waals surface area (Å²) in [5, 5.41) is 2.81. The average Bonchev–Trinajstić information content (AvgIpc) is 3.25. The number of sulfone groups is 1. The largest absolute Gasteiger partial charge is 0.352 e. The van der Waals surface area contributed by atoms with Gasteiger partial charge in [-0.3, -0.25) is 9.59 Å². The molecule has 1 aromatic carbocycles. The molecule has 0 unspecified atom stereocenters. The summed E-state index contributed by atoms with van der Waals surface area (Å²) in [5.74, 6) is -0.531. The van der Waals surface area contributed by atoms with E-state index in [4.69, 9.17) is 0 Å². The lowest BCUT2D eigenvalue weighted by molar-refractivity contribution is -0.126. The van der Waals surface area contributed by atoms with Gasteiger partial charge in [-0.1, -0.05) is 6.07 Å². The third-order valence-corrected chi connectivity index (χ3v) is 7.24. The van der Waals surface area contributed by atoms with Gasteiger partial charge < -0.3 is 10.2 Å². The van der Waals surface area contributed by atoms with Gasteiger partial charge in [-0.15, -0.1) is 0 Å². The maximum atomic E-state index is 12.4. The van der Waals surface area contributed by atoms with Gasteiger partial charge in [0.1, 0.15) is 0 Å². The molecule has 1 aromatic rings. The first kappa shape index (κ1) is 16.6. The summed E-state index contributed by atoms with van der Waals surface area (Å²) in [6.45, 7) is 0.364. The minimum atomic E-state index is -3.03. The molecule has 6 nitrogen and oxygen atoms in total. The SMILES string of the molecule is O=C(N[C@@H]1CCS(=O)(=O)C1)[C@@H]1CC(=O)N(c2ccc3c(c2)CCC3)C1. The van der Waals surface area contributed by atoms with Gasteiger partial charge in [0, 0.05) is 24.7 Å². The van der Waals surface area contributed by atoms with Crippen LogP contribution in [0.15, 0.2) is 18.2 Å². The van der Waals surface area contributed by atoms with Gasteiger partial charge in [0.2, 0.25) is 11.8 Å². The van der Waals surface area contributed by atoms with E-state index in [0.29, 0.717) is 13.0 Å². The van der Waals surface area contributed by atoms with Gasteiger partial charge in [0.15, 0.2) is 9.84 Å². The highest BCUT2D eigenvalue weighted by atomic mass is 32.2. The topological polar surface area (TPSA) is 83.5 Å². The number of hydrogen-bond donors (Lipinski definition) is 1. The number of benzene rings is 1. The van der Waals surface area contributed by atoms with Crippen molar-refractivity contribution in [1.29, 1.82) is 0 Å². The molecular formula is C18H22N2O4S. The summed E-state index contributed by atoms with van der Waals surface area (Å²) in [5.41, 5.74) is 3.52. The molecule has 2 fully saturated rings. The molecule has 0 saturated carbocycles. The predicted octanol–water partition coefficient (Wildman–Crippen LogP) is 0.831. The van der Waals surface area contributed by atoms with Crippen molar-refractivity contribution >= 4 is 27.3 Å². The van der Waals surface area contributed by atoms with E-state index in [9.17, 15) is 18.0 Å². The van der Waals surface area contributed by atoms with Crippen LogP contribution in [-0.4, -0.2) is 44.3 Å². The Balaban J connectivity index is 1.42. The summed E-state index contributed by atoms with van der Waals surface area (Å²) in [4.78, 5) is 26.5. The molecule has 2 saturated heterocycles. The summed E-state index contributed by atoms with van der Waals surface area (Å²) >= 11 is 0. The van der Waals surface area contributed by atoms with Crippen molar-refractivity contribution in [2.45, 2.75) is 38.1 Å². The molecule has 0 bridgehead atoms. The van der Waals surface area contributed by atoms with E-state index in [-0.39, 0.29) is 35.8 Å². The zero-order chi connectivity index (χ0) is 17.6. The van der Waals surface area contributed by atoms with Crippen molar-refractivity contribution in [3.63, 3.8) is 0 Å². The number of rotatable bonds is 3. The number of aryl methyl sites for hydroxylation is 2. The van der Waals surface area contributed by atoms with Gasteiger partial charge in [0.05, 0.1) is 17.4 Å². The molecule has 1 N–H and O–H groups in total. The third kappa shape index (κ3) is 3.29. The van der Waals surface area contributed by atoms with Gasteiger partial charge in [-0.2, -0.15) is 0 Å². The number of fused-ring (bicyclic) bond motifs is 1. The molecule has 134 valence electrons. The number of nitrogens with zero attached hydrogens (tertiary/aromatic N) is 1. The minimum Gasteiger partial charge on any atom is -0.352 e. The molecule has 2 aliphatic heterocycles. The number of carbonyl (C=O) groups excluding carboxylic acids is 2. The number of hydrogen-bond acceptors (Lipinski definition) is 4. The molecular weight excluding hydrogens is 340 g/mol. The second-order valence-corrected chi connectivity index (χ2v) is 9.55. The molecule has 1 aliphatic carbocycles. The second kappa shape index (κ2) is 6.12. The third-order valence-electron chi connectivity index (χ3n) is 5.47. The lowest BCUT2D eigenvalue weighted by atomic mass is 10.1. The van der Waals surface area contributed by atoms with Crippen LogP contribution in [0.3, 0.4) is 0 Å². The van der Waals surface area contributed by atoms with Crippen LogP contribution in [0.5, 0.6) is 0 Å². The smallest absolute Gasteiger partial charge is 0.227 e. The van der Waals surface area contributed by atoms with E-state index in [2.05, 4.69) is 17.4 Å². The highest BCUT2D eigenvalue weighted by Crippen LogP contribution is 2.30. The van der Waals surface area contributed by atoms with Gasteiger partial charge >= 0.3 is 0 Å². The van der Waals surface area contributed by atoms with Gasteiger partial charge in [-0.25, -0.2) is 8.42 Å². The first-order valence-electron chi connectivity index (χ1n) is 8.84. The van der Waals surface area contributed by atoms with Crippen LogP contribution in [0.25, 0.3) is 0 Å². The summed E-state index contributed by atoms with van der Waals surface area (Å²) in [6, 6.07) is 5.80. The van der Waals surface area contributed by atoms with E-state index in [1.165, 1.54) is 11.1 Å². The summed E-state index contributed by atoms with van der Waals surface area (Å²) < 4.78 is 23.0. The quantitative estimate of drug-likeness (QED) is 0.863. The van der Waals surface area contributed by atoms with Crippen molar-refractivity contribution in [3.8, 4) is 0 Å². The Morgan fingerprint density at radius 3 is 2.76 bits per heavy atom. The molecule has 0 radical (unpaired) electrons. The van der Waals surface area contributed by atoms with Crippen LogP contribution < -0.4 is 10.2 Å². The number of amides is 2. The maximum Gasteiger partial charge on any atom is 0.227 e. The average molecular weight is 362 g/mol.